The maximum Gasteiger partial charge on any atom is 0.416 e. The standard InChI is InChI=1S/C15H14ClF3N2O2S/c16-9-12-8-13(15(17,18)19)3-4-14(12)24(22,23)21-7-5-11-2-1-6-20-10-11/h1-4,6,8,10,21H,5,7,9H2. The first-order valence-electron chi connectivity index (χ1n) is 6.88. The molecule has 0 fully saturated rings. The summed E-state index contributed by atoms with van der Waals surface area (Å²) in [6, 6.07) is 5.93. The topological polar surface area (TPSA) is 59.1 Å². The normalized spacial score (nSPS) is 12.3. The van der Waals surface area contributed by atoms with E-state index in [9.17, 15) is 21.6 Å². The fraction of sp³-hybridized carbons (Fsp3) is 0.267. The maximum absolute atomic E-state index is 12.7. The van der Waals surface area contributed by atoms with Gasteiger partial charge in [-0.05, 0) is 41.8 Å². The van der Waals surface area contributed by atoms with Crippen LogP contribution in [0.15, 0.2) is 47.6 Å². The molecule has 1 aromatic carbocycles. The fourth-order valence-corrected chi connectivity index (χ4v) is 3.63. The van der Waals surface area contributed by atoms with E-state index >= 15 is 0 Å². The van der Waals surface area contributed by atoms with Crippen molar-refractivity contribution in [2.75, 3.05) is 6.54 Å². The third-order valence-corrected chi connectivity index (χ3v) is 5.10. The minimum atomic E-state index is -4.56. The number of rotatable bonds is 6. The SMILES string of the molecule is O=S(=O)(NCCc1cccnc1)c1ccc(C(F)(F)F)cc1CCl. The van der Waals surface area contributed by atoms with Gasteiger partial charge in [0.25, 0.3) is 0 Å². The Morgan fingerprint density at radius 1 is 1.21 bits per heavy atom. The molecular formula is C15H14ClF3N2O2S. The molecule has 1 N–H and O–H groups in total. The summed E-state index contributed by atoms with van der Waals surface area (Å²) in [5.41, 5.74) is -0.196. The van der Waals surface area contributed by atoms with Crippen LogP contribution in [0.5, 0.6) is 0 Å². The monoisotopic (exact) mass is 378 g/mol. The second-order valence-electron chi connectivity index (χ2n) is 4.96. The summed E-state index contributed by atoms with van der Waals surface area (Å²) in [5, 5.41) is 0. The highest BCUT2D eigenvalue weighted by Gasteiger charge is 2.32. The minimum Gasteiger partial charge on any atom is -0.264 e. The average molecular weight is 379 g/mol. The molecule has 0 aliphatic heterocycles. The Morgan fingerprint density at radius 2 is 1.96 bits per heavy atom. The van der Waals surface area contributed by atoms with Crippen LogP contribution in [0.25, 0.3) is 0 Å². The lowest BCUT2D eigenvalue weighted by Gasteiger charge is -2.13. The number of nitrogens with zero attached hydrogens (tertiary/aromatic N) is 1. The van der Waals surface area contributed by atoms with Crippen molar-refractivity contribution >= 4 is 21.6 Å². The van der Waals surface area contributed by atoms with Gasteiger partial charge in [-0.1, -0.05) is 6.07 Å². The van der Waals surface area contributed by atoms with Gasteiger partial charge in [0, 0.05) is 24.8 Å². The maximum atomic E-state index is 12.7. The number of hydrogen-bond acceptors (Lipinski definition) is 3. The largest absolute Gasteiger partial charge is 0.416 e. The van der Waals surface area contributed by atoms with Gasteiger partial charge < -0.3 is 0 Å². The van der Waals surface area contributed by atoms with Crippen molar-refractivity contribution in [3.05, 3.63) is 59.4 Å². The Hall–Kier alpha value is -1.64. The van der Waals surface area contributed by atoms with Crippen LogP contribution >= 0.6 is 11.6 Å². The molecule has 24 heavy (non-hydrogen) atoms. The quantitative estimate of drug-likeness (QED) is 0.784. The molecule has 0 spiro atoms. The van der Waals surface area contributed by atoms with E-state index in [4.69, 9.17) is 11.6 Å². The second kappa shape index (κ2) is 7.50. The van der Waals surface area contributed by atoms with Crippen molar-refractivity contribution in [3.8, 4) is 0 Å². The molecular weight excluding hydrogens is 365 g/mol. The molecule has 0 radical (unpaired) electrons. The molecule has 9 heteroatoms. The van der Waals surface area contributed by atoms with E-state index in [1.54, 1.807) is 24.5 Å². The molecule has 130 valence electrons. The lowest BCUT2D eigenvalue weighted by Crippen LogP contribution is -2.27. The summed E-state index contributed by atoms with van der Waals surface area (Å²) in [6.07, 6.45) is -0.944. The molecule has 1 aromatic heterocycles. The zero-order valence-corrected chi connectivity index (χ0v) is 13.9. The van der Waals surface area contributed by atoms with Crippen LogP contribution in [0.2, 0.25) is 0 Å². The first-order chi connectivity index (χ1) is 11.2. The van der Waals surface area contributed by atoms with Crippen LogP contribution in [0.1, 0.15) is 16.7 Å². The molecule has 2 rings (SSSR count). The van der Waals surface area contributed by atoms with E-state index in [0.29, 0.717) is 6.42 Å². The summed E-state index contributed by atoms with van der Waals surface area (Å²) in [7, 11) is -3.96. The Kier molecular flexibility index (Phi) is 5.84. The minimum absolute atomic E-state index is 0.0940. The van der Waals surface area contributed by atoms with Gasteiger partial charge in [0.2, 0.25) is 10.0 Å². The second-order valence-corrected chi connectivity index (χ2v) is 6.97. The Balaban J connectivity index is 2.16. The number of benzene rings is 1. The Bertz CT molecular complexity index is 796. The lowest BCUT2D eigenvalue weighted by molar-refractivity contribution is -0.137. The molecule has 0 amide bonds. The van der Waals surface area contributed by atoms with Crippen LogP contribution in [0.4, 0.5) is 13.2 Å². The summed E-state index contributed by atoms with van der Waals surface area (Å²) >= 11 is 5.62. The van der Waals surface area contributed by atoms with Gasteiger partial charge in [-0.3, -0.25) is 4.98 Å². The molecule has 4 nitrogen and oxygen atoms in total. The van der Waals surface area contributed by atoms with Crippen LogP contribution < -0.4 is 4.72 Å². The van der Waals surface area contributed by atoms with E-state index in [-0.39, 0.29) is 22.9 Å². The number of alkyl halides is 4. The van der Waals surface area contributed by atoms with E-state index in [1.165, 1.54) is 0 Å². The van der Waals surface area contributed by atoms with Crippen molar-refractivity contribution in [1.82, 2.24) is 9.71 Å². The fourth-order valence-electron chi connectivity index (χ4n) is 2.08. The number of nitrogens with one attached hydrogen (secondary N) is 1. The highest BCUT2D eigenvalue weighted by atomic mass is 35.5. The van der Waals surface area contributed by atoms with Gasteiger partial charge >= 0.3 is 6.18 Å². The Labute approximate surface area is 142 Å². The number of sulfonamides is 1. The molecule has 0 aliphatic rings. The highest BCUT2D eigenvalue weighted by Crippen LogP contribution is 2.32. The summed E-state index contributed by atoms with van der Waals surface area (Å²) in [4.78, 5) is 3.66. The van der Waals surface area contributed by atoms with E-state index in [2.05, 4.69) is 9.71 Å². The van der Waals surface area contributed by atoms with Gasteiger partial charge in [0.15, 0.2) is 0 Å². The van der Waals surface area contributed by atoms with Crippen LogP contribution in [-0.4, -0.2) is 19.9 Å². The molecule has 0 aliphatic carbocycles. The number of hydrogen-bond donors (Lipinski definition) is 1. The predicted octanol–water partition coefficient (Wildman–Crippen LogP) is 3.36. The third-order valence-electron chi connectivity index (χ3n) is 3.25. The van der Waals surface area contributed by atoms with Gasteiger partial charge in [-0.2, -0.15) is 13.2 Å². The molecule has 0 atom stereocenters. The van der Waals surface area contributed by atoms with E-state index in [0.717, 1.165) is 23.8 Å². The van der Waals surface area contributed by atoms with Crippen molar-refractivity contribution in [2.24, 2.45) is 0 Å². The molecule has 0 saturated heterocycles. The van der Waals surface area contributed by atoms with Crippen LogP contribution in [0.3, 0.4) is 0 Å². The lowest BCUT2D eigenvalue weighted by atomic mass is 10.1. The van der Waals surface area contributed by atoms with E-state index < -0.39 is 21.8 Å². The third kappa shape index (κ3) is 4.68. The highest BCUT2D eigenvalue weighted by molar-refractivity contribution is 7.89. The molecule has 0 unspecified atom stereocenters. The zero-order chi connectivity index (χ0) is 17.8. The van der Waals surface area contributed by atoms with Gasteiger partial charge in [0.05, 0.1) is 10.5 Å². The summed E-state index contributed by atoms with van der Waals surface area (Å²) in [6.45, 7) is 0.0940. The molecule has 1 heterocycles. The average Bonchev–Trinajstić information content (AvgIpc) is 2.54. The zero-order valence-electron chi connectivity index (χ0n) is 12.3. The predicted molar refractivity (Wildman–Crippen MR) is 84.1 cm³/mol. The van der Waals surface area contributed by atoms with Crippen LogP contribution in [0, 0.1) is 0 Å². The van der Waals surface area contributed by atoms with Gasteiger partial charge in [-0.25, -0.2) is 13.1 Å². The molecule has 0 saturated carbocycles. The van der Waals surface area contributed by atoms with Crippen LogP contribution in [-0.2, 0) is 28.5 Å². The van der Waals surface area contributed by atoms with E-state index in [1.807, 2.05) is 0 Å². The smallest absolute Gasteiger partial charge is 0.264 e. The number of halogens is 4. The van der Waals surface area contributed by atoms with Gasteiger partial charge in [0.1, 0.15) is 0 Å². The van der Waals surface area contributed by atoms with Crippen molar-refractivity contribution in [2.45, 2.75) is 23.4 Å². The summed E-state index contributed by atoms with van der Waals surface area (Å²) < 4.78 is 65.1. The molecule has 2 aromatic rings. The molecule has 0 bridgehead atoms. The number of pyridine rings is 1. The van der Waals surface area contributed by atoms with Gasteiger partial charge in [-0.15, -0.1) is 11.6 Å². The Morgan fingerprint density at radius 3 is 2.54 bits per heavy atom. The summed E-state index contributed by atoms with van der Waals surface area (Å²) in [5.74, 6) is -0.344. The number of aromatic nitrogens is 1. The first-order valence-corrected chi connectivity index (χ1v) is 8.90. The van der Waals surface area contributed by atoms with Crippen molar-refractivity contribution in [3.63, 3.8) is 0 Å². The first kappa shape index (κ1) is 18.7. The van der Waals surface area contributed by atoms with Crippen molar-refractivity contribution in [1.29, 1.82) is 0 Å². The van der Waals surface area contributed by atoms with Crippen molar-refractivity contribution < 1.29 is 21.6 Å².